The van der Waals surface area contributed by atoms with E-state index in [0.717, 1.165) is 31.9 Å². The normalized spacial score (nSPS) is 18.1. The van der Waals surface area contributed by atoms with Crippen molar-refractivity contribution >= 4 is 5.95 Å². The van der Waals surface area contributed by atoms with Crippen LogP contribution in [0.4, 0.5) is 5.95 Å². The van der Waals surface area contributed by atoms with Crippen LogP contribution < -0.4 is 10.2 Å². The van der Waals surface area contributed by atoms with Gasteiger partial charge in [-0.05, 0) is 44.6 Å². The van der Waals surface area contributed by atoms with Gasteiger partial charge in [0.15, 0.2) is 0 Å². The van der Waals surface area contributed by atoms with Gasteiger partial charge in [0.05, 0.1) is 0 Å². The van der Waals surface area contributed by atoms with Crippen LogP contribution in [0.25, 0.3) is 0 Å². The third-order valence-corrected chi connectivity index (χ3v) is 3.92. The summed E-state index contributed by atoms with van der Waals surface area (Å²) in [5.41, 5.74) is 1.50. The van der Waals surface area contributed by atoms with Crippen LogP contribution in [0.1, 0.15) is 59.9 Å². The van der Waals surface area contributed by atoms with Crippen molar-refractivity contribution < 1.29 is 0 Å². The Balaban J connectivity index is 1.93. The Morgan fingerprint density at radius 2 is 1.52 bits per heavy atom. The van der Waals surface area contributed by atoms with E-state index in [0.29, 0.717) is 6.04 Å². The number of anilines is 1. The van der Waals surface area contributed by atoms with Gasteiger partial charge in [-0.15, -0.1) is 0 Å². The molecule has 2 heterocycles. The zero-order valence-corrected chi connectivity index (χ0v) is 14.4. The highest BCUT2D eigenvalue weighted by Gasteiger charge is 2.24. The lowest BCUT2D eigenvalue weighted by Gasteiger charge is -2.36. The van der Waals surface area contributed by atoms with Crippen molar-refractivity contribution in [1.82, 2.24) is 15.3 Å². The first kappa shape index (κ1) is 16.2. The lowest BCUT2D eigenvalue weighted by atomic mass is 9.89. The molecule has 0 saturated carbocycles. The molecule has 0 spiro atoms. The van der Waals surface area contributed by atoms with Crippen molar-refractivity contribution in [3.05, 3.63) is 18.0 Å². The van der Waals surface area contributed by atoms with E-state index in [2.05, 4.69) is 61.7 Å². The predicted molar refractivity (Wildman–Crippen MR) is 88.9 cm³/mol. The second-order valence-electron chi connectivity index (χ2n) is 8.18. The summed E-state index contributed by atoms with van der Waals surface area (Å²) in [6, 6.07) is 0.607. The molecule has 1 aliphatic heterocycles. The summed E-state index contributed by atoms with van der Waals surface area (Å²) in [7, 11) is 0. The molecule has 2 rings (SSSR count). The molecule has 118 valence electrons. The van der Waals surface area contributed by atoms with Gasteiger partial charge in [-0.1, -0.05) is 20.8 Å². The third-order valence-electron chi connectivity index (χ3n) is 3.92. The molecule has 1 fully saturated rings. The maximum absolute atomic E-state index is 4.56. The topological polar surface area (TPSA) is 41.0 Å². The summed E-state index contributed by atoms with van der Waals surface area (Å²) >= 11 is 0. The standard InChI is InChI=1S/C17H30N4/c1-16(2,3)13-11-18-15(19-12-13)21-9-7-14(8-10-21)20-17(4,5)6/h11-12,14,20H,7-10H2,1-6H3. The molecular formula is C17H30N4. The quantitative estimate of drug-likeness (QED) is 0.908. The molecule has 4 heteroatoms. The molecular weight excluding hydrogens is 260 g/mol. The van der Waals surface area contributed by atoms with Crippen LogP contribution in [0.15, 0.2) is 12.4 Å². The number of piperidine rings is 1. The molecule has 21 heavy (non-hydrogen) atoms. The van der Waals surface area contributed by atoms with Gasteiger partial charge in [-0.2, -0.15) is 0 Å². The van der Waals surface area contributed by atoms with Gasteiger partial charge < -0.3 is 10.2 Å². The van der Waals surface area contributed by atoms with Gasteiger partial charge in [0.25, 0.3) is 0 Å². The SMILES string of the molecule is CC(C)(C)NC1CCN(c2ncc(C(C)(C)C)cn2)CC1. The molecule has 0 aromatic carbocycles. The average Bonchev–Trinajstić information content (AvgIpc) is 2.37. The van der Waals surface area contributed by atoms with E-state index in [1.165, 1.54) is 5.56 Å². The Kier molecular flexibility index (Phi) is 4.57. The number of aromatic nitrogens is 2. The summed E-state index contributed by atoms with van der Waals surface area (Å²) in [4.78, 5) is 11.4. The largest absolute Gasteiger partial charge is 0.341 e. The third kappa shape index (κ3) is 4.67. The summed E-state index contributed by atoms with van der Waals surface area (Å²) in [6.45, 7) is 15.3. The molecule has 1 aromatic rings. The van der Waals surface area contributed by atoms with Crippen molar-refractivity contribution in [3.63, 3.8) is 0 Å². The Morgan fingerprint density at radius 3 is 1.95 bits per heavy atom. The average molecular weight is 290 g/mol. The summed E-state index contributed by atoms with van der Waals surface area (Å²) in [5, 5.41) is 3.69. The molecule has 0 bridgehead atoms. The number of hydrogen-bond donors (Lipinski definition) is 1. The van der Waals surface area contributed by atoms with E-state index in [-0.39, 0.29) is 11.0 Å². The van der Waals surface area contributed by atoms with Crippen LogP contribution in [0.5, 0.6) is 0 Å². The smallest absolute Gasteiger partial charge is 0.225 e. The maximum Gasteiger partial charge on any atom is 0.225 e. The van der Waals surface area contributed by atoms with Crippen molar-refractivity contribution in [3.8, 4) is 0 Å². The molecule has 0 unspecified atom stereocenters. The Bertz CT molecular complexity index is 445. The monoisotopic (exact) mass is 290 g/mol. The first-order valence-electron chi connectivity index (χ1n) is 8.00. The van der Waals surface area contributed by atoms with Gasteiger partial charge in [0, 0.05) is 37.1 Å². The van der Waals surface area contributed by atoms with E-state index in [9.17, 15) is 0 Å². The Labute approximate surface area is 129 Å². The maximum atomic E-state index is 4.56. The summed E-state index contributed by atoms with van der Waals surface area (Å²) in [6.07, 6.45) is 6.26. The van der Waals surface area contributed by atoms with Crippen LogP contribution >= 0.6 is 0 Å². The van der Waals surface area contributed by atoms with Crippen LogP contribution in [0.2, 0.25) is 0 Å². The van der Waals surface area contributed by atoms with Gasteiger partial charge in [-0.25, -0.2) is 9.97 Å². The zero-order valence-electron chi connectivity index (χ0n) is 14.4. The number of nitrogens with zero attached hydrogens (tertiary/aromatic N) is 3. The highest BCUT2D eigenvalue weighted by Crippen LogP contribution is 2.22. The fraction of sp³-hybridized carbons (Fsp3) is 0.765. The molecule has 0 amide bonds. The molecule has 1 aliphatic rings. The van der Waals surface area contributed by atoms with E-state index >= 15 is 0 Å². The fourth-order valence-corrected chi connectivity index (χ4v) is 2.71. The first-order chi connectivity index (χ1) is 9.65. The fourth-order valence-electron chi connectivity index (χ4n) is 2.71. The molecule has 1 N–H and O–H groups in total. The molecule has 1 saturated heterocycles. The minimum absolute atomic E-state index is 0.113. The Hall–Kier alpha value is -1.16. The minimum atomic E-state index is 0.113. The first-order valence-corrected chi connectivity index (χ1v) is 8.00. The van der Waals surface area contributed by atoms with Crippen LogP contribution in [0.3, 0.4) is 0 Å². The lowest BCUT2D eigenvalue weighted by Crippen LogP contribution is -2.49. The molecule has 4 nitrogen and oxygen atoms in total. The van der Waals surface area contributed by atoms with Gasteiger partial charge in [0.2, 0.25) is 5.95 Å². The molecule has 0 aliphatic carbocycles. The van der Waals surface area contributed by atoms with Crippen LogP contribution in [-0.4, -0.2) is 34.6 Å². The summed E-state index contributed by atoms with van der Waals surface area (Å²) < 4.78 is 0. The second-order valence-corrected chi connectivity index (χ2v) is 8.18. The molecule has 1 aromatic heterocycles. The van der Waals surface area contributed by atoms with Gasteiger partial charge >= 0.3 is 0 Å². The lowest BCUT2D eigenvalue weighted by molar-refractivity contribution is 0.316. The Morgan fingerprint density at radius 1 is 1.00 bits per heavy atom. The van der Waals surface area contributed by atoms with E-state index < -0.39 is 0 Å². The second kappa shape index (κ2) is 5.91. The molecule has 0 atom stereocenters. The van der Waals surface area contributed by atoms with Gasteiger partial charge in [-0.3, -0.25) is 0 Å². The van der Waals surface area contributed by atoms with E-state index in [1.807, 2.05) is 12.4 Å². The van der Waals surface area contributed by atoms with Crippen molar-refractivity contribution in [2.24, 2.45) is 0 Å². The zero-order chi connectivity index (χ0) is 15.7. The predicted octanol–water partition coefficient (Wildman–Crippen LogP) is 3.13. The van der Waals surface area contributed by atoms with E-state index in [1.54, 1.807) is 0 Å². The highest BCUT2D eigenvalue weighted by molar-refractivity contribution is 5.32. The van der Waals surface area contributed by atoms with Gasteiger partial charge in [0.1, 0.15) is 0 Å². The van der Waals surface area contributed by atoms with E-state index in [4.69, 9.17) is 0 Å². The van der Waals surface area contributed by atoms with Crippen molar-refractivity contribution in [2.75, 3.05) is 18.0 Å². The van der Waals surface area contributed by atoms with Crippen LogP contribution in [-0.2, 0) is 5.41 Å². The number of rotatable bonds is 2. The summed E-state index contributed by atoms with van der Waals surface area (Å²) in [5.74, 6) is 0.872. The van der Waals surface area contributed by atoms with Crippen molar-refractivity contribution in [2.45, 2.75) is 71.4 Å². The van der Waals surface area contributed by atoms with Crippen LogP contribution in [0, 0.1) is 0 Å². The highest BCUT2D eigenvalue weighted by atomic mass is 15.3. The molecule has 0 radical (unpaired) electrons. The minimum Gasteiger partial charge on any atom is -0.341 e. The van der Waals surface area contributed by atoms with Crippen molar-refractivity contribution in [1.29, 1.82) is 0 Å². The number of hydrogen-bond acceptors (Lipinski definition) is 4. The number of nitrogens with one attached hydrogen (secondary N) is 1.